The van der Waals surface area contributed by atoms with Crippen LogP contribution in [0.15, 0.2) is 60.7 Å². The molecular formula is C60H88N2O12P2. The van der Waals surface area contributed by atoms with Crippen molar-refractivity contribution in [3.8, 4) is 23.0 Å². The Labute approximate surface area is 454 Å². The zero-order valence-corrected chi connectivity index (χ0v) is 48.7. The third-order valence-corrected chi connectivity index (χ3v) is 16.8. The highest BCUT2D eigenvalue weighted by molar-refractivity contribution is 7.55. The molecule has 0 spiro atoms. The van der Waals surface area contributed by atoms with Crippen LogP contribution >= 0.6 is 15.2 Å². The van der Waals surface area contributed by atoms with Crippen molar-refractivity contribution in [1.82, 2.24) is 0 Å². The number of ether oxygens (including phenoxy) is 4. The molecule has 0 radical (unpaired) electrons. The van der Waals surface area contributed by atoms with Gasteiger partial charge in [-0.15, -0.1) is 0 Å². The van der Waals surface area contributed by atoms with Gasteiger partial charge in [-0.25, -0.2) is 0 Å². The summed E-state index contributed by atoms with van der Waals surface area (Å²) in [6, 6.07) is 20.2. The van der Waals surface area contributed by atoms with Gasteiger partial charge >= 0.3 is 15.2 Å². The van der Waals surface area contributed by atoms with Crippen molar-refractivity contribution in [3.63, 3.8) is 0 Å². The van der Waals surface area contributed by atoms with E-state index in [4.69, 9.17) is 37.0 Å². The number of rotatable bonds is 34. The predicted octanol–water partition coefficient (Wildman–Crippen LogP) is 15.0. The third-order valence-electron chi connectivity index (χ3n) is 12.9. The molecule has 0 atom stereocenters. The molecule has 0 aromatic heterocycles. The van der Waals surface area contributed by atoms with Gasteiger partial charge in [0, 0.05) is 59.3 Å². The molecule has 14 nitrogen and oxygen atoms in total. The van der Waals surface area contributed by atoms with Crippen LogP contribution in [0.3, 0.4) is 0 Å². The molecule has 2 amide bonds. The molecule has 4 aromatic rings. The van der Waals surface area contributed by atoms with Crippen molar-refractivity contribution < 1.29 is 55.8 Å². The van der Waals surface area contributed by atoms with Gasteiger partial charge in [-0.2, -0.15) is 0 Å². The van der Waals surface area contributed by atoms with Gasteiger partial charge in [0.25, 0.3) is 0 Å². The average Bonchev–Trinajstić information content (AvgIpc) is 3.36. The summed E-state index contributed by atoms with van der Waals surface area (Å²) in [4.78, 5) is 27.9. The Morgan fingerprint density at radius 2 is 0.645 bits per heavy atom. The van der Waals surface area contributed by atoms with Gasteiger partial charge in [-0.3, -0.25) is 18.7 Å². The van der Waals surface area contributed by atoms with Crippen molar-refractivity contribution in [2.45, 2.75) is 158 Å². The molecule has 2 N–H and O–H groups in total. The summed E-state index contributed by atoms with van der Waals surface area (Å²) in [6.45, 7) is 18.1. The number of carbonyl (C=O) groups excluding carboxylic acids is 2. The van der Waals surface area contributed by atoms with Crippen molar-refractivity contribution in [3.05, 3.63) is 105 Å². The van der Waals surface area contributed by atoms with Gasteiger partial charge < -0.3 is 47.7 Å². The molecule has 4 aromatic carbocycles. The maximum Gasteiger partial charge on any atom is 0.340 e. The van der Waals surface area contributed by atoms with Gasteiger partial charge in [0.05, 0.1) is 52.9 Å². The molecule has 16 heteroatoms. The van der Waals surface area contributed by atoms with Crippen molar-refractivity contribution in [1.29, 1.82) is 0 Å². The summed E-state index contributed by atoms with van der Waals surface area (Å²) in [5, 5.41) is 6.15. The maximum atomic E-state index is 13.9. The summed E-state index contributed by atoms with van der Waals surface area (Å²) in [6.07, 6.45) is 12.2. The number of amides is 2. The zero-order chi connectivity index (χ0) is 54.8. The molecule has 5 rings (SSSR count). The number of hydrogen-bond acceptors (Lipinski definition) is 12. The van der Waals surface area contributed by atoms with Crippen LogP contribution in [0.4, 0.5) is 11.4 Å². The fourth-order valence-corrected chi connectivity index (χ4v) is 12.4. The number of nitrogens with one attached hydrogen (secondary N) is 2. The predicted molar refractivity (Wildman–Crippen MR) is 306 cm³/mol. The summed E-state index contributed by atoms with van der Waals surface area (Å²) >= 11 is 0. The minimum atomic E-state index is -3.72. The second-order valence-corrected chi connectivity index (χ2v) is 23.4. The lowest BCUT2D eigenvalue weighted by molar-refractivity contribution is -0.115. The Kier molecular flexibility index (Phi) is 26.9. The molecule has 0 saturated carbocycles. The van der Waals surface area contributed by atoms with Crippen molar-refractivity contribution in [2.75, 3.05) is 75.8 Å². The topological polar surface area (TPSA) is 166 Å². The van der Waals surface area contributed by atoms with Gasteiger partial charge in [0.2, 0.25) is 11.8 Å². The van der Waals surface area contributed by atoms with Crippen LogP contribution in [0.1, 0.15) is 177 Å². The van der Waals surface area contributed by atoms with Crippen LogP contribution in [-0.4, -0.2) is 77.0 Å². The molecule has 0 heterocycles. The molecule has 0 fully saturated rings. The number of carbonyl (C=O) groups is 2. The van der Waals surface area contributed by atoms with E-state index in [-0.39, 0.29) is 26.4 Å². The zero-order valence-electron chi connectivity index (χ0n) is 47.0. The third kappa shape index (κ3) is 19.3. The lowest BCUT2D eigenvalue weighted by Crippen LogP contribution is -2.19. The number of para-hydroxylation sites is 2. The molecular weight excluding hydrogens is 1000 g/mol. The van der Waals surface area contributed by atoms with E-state index < -0.39 is 39.3 Å². The molecule has 0 aliphatic heterocycles. The highest BCUT2D eigenvalue weighted by Crippen LogP contribution is 2.49. The molecule has 420 valence electrons. The first kappa shape index (κ1) is 62.2. The lowest BCUT2D eigenvalue weighted by Gasteiger charge is -2.24. The van der Waals surface area contributed by atoms with E-state index in [1.54, 1.807) is 27.7 Å². The molecule has 0 saturated heterocycles. The second-order valence-electron chi connectivity index (χ2n) is 19.3. The summed E-state index contributed by atoms with van der Waals surface area (Å²) in [5.74, 6) is 1.95. The number of fused-ring (bicyclic) bond motifs is 8. The Morgan fingerprint density at radius 3 is 0.882 bits per heavy atom. The Morgan fingerprint density at radius 1 is 0.395 bits per heavy atom. The normalized spacial score (nSPS) is 12.5. The lowest BCUT2D eigenvalue weighted by atomic mass is 9.90. The minimum absolute atomic E-state index is 0.136. The number of anilines is 2. The van der Waals surface area contributed by atoms with E-state index in [1.165, 1.54) is 0 Å². The van der Waals surface area contributed by atoms with Crippen molar-refractivity contribution >= 4 is 38.4 Å². The van der Waals surface area contributed by atoms with E-state index in [2.05, 4.69) is 62.6 Å². The SMILES string of the molecule is CCCCCOc1c2cccc1Cc1cc(NC(=O)CP(=O)(OCC)OCC)cc(c1OCCCCC)Cc1cccc(c1OCCCCC)Cc1cc(NC(=O)CP(=O)(OCC)OCC)cc(c1OCCCCC)C2. The first-order valence-corrected chi connectivity index (χ1v) is 31.7. The summed E-state index contributed by atoms with van der Waals surface area (Å²) < 4.78 is 77.1. The Hall–Kier alpha value is -4.68. The van der Waals surface area contributed by atoms with E-state index in [9.17, 15) is 18.7 Å². The molecule has 1 aliphatic carbocycles. The first-order valence-electron chi connectivity index (χ1n) is 28.3. The van der Waals surface area contributed by atoms with Crippen molar-refractivity contribution in [2.24, 2.45) is 0 Å². The number of hydrogen-bond donors (Lipinski definition) is 2. The monoisotopic (exact) mass is 1090 g/mol. The highest BCUT2D eigenvalue weighted by atomic mass is 31.2. The average molecular weight is 1090 g/mol. The largest absolute Gasteiger partial charge is 0.493 e. The van der Waals surface area contributed by atoms with Crippen LogP contribution in [0.5, 0.6) is 23.0 Å². The molecule has 8 bridgehead atoms. The van der Waals surface area contributed by atoms with Crippen LogP contribution in [0, 0.1) is 0 Å². The standard InChI is InChI=1S/C60H88N2O12P2/c1-9-17-21-31-67-57-45-27-25-28-46(57)36-50-40-54(62-56(64)44-76(66,73-15-7)74-16-8)42-52(60(50)70-34-24-20-12-4)38-48-30-26-29-47(58(48)68-32-22-18-10-2)37-51-41-53(39-49(35-45)59(51)69-33-23-19-11-3)61-55(63)43-75(65,71-13-5)72-14-6/h25-30,39-42H,9-24,31-38,43-44H2,1-8H3,(H,61,63)(H,62,64). The van der Waals surface area contributed by atoms with Crippen LogP contribution in [0.25, 0.3) is 0 Å². The van der Waals surface area contributed by atoms with Gasteiger partial charge in [-0.05, 0) is 99.9 Å². The quantitative estimate of drug-likeness (QED) is 0.0296. The fourth-order valence-electron chi connectivity index (χ4n) is 9.48. The summed E-state index contributed by atoms with van der Waals surface area (Å²) in [5.41, 5.74) is 8.10. The highest BCUT2D eigenvalue weighted by Gasteiger charge is 2.30. The van der Waals surface area contributed by atoms with E-state index >= 15 is 0 Å². The second kappa shape index (κ2) is 32.9. The molecule has 1 aliphatic rings. The van der Waals surface area contributed by atoms with E-state index in [1.807, 2.05) is 36.4 Å². The number of unbranched alkanes of at least 4 members (excludes halogenated alkanes) is 8. The van der Waals surface area contributed by atoms with Gasteiger partial charge in [0.1, 0.15) is 35.3 Å². The Balaban J connectivity index is 1.82. The van der Waals surface area contributed by atoms with E-state index in [0.29, 0.717) is 63.5 Å². The maximum absolute atomic E-state index is 13.9. The van der Waals surface area contributed by atoms with Gasteiger partial charge in [-0.1, -0.05) is 115 Å². The fraction of sp³-hybridized carbons (Fsp3) is 0.567. The smallest absolute Gasteiger partial charge is 0.340 e. The van der Waals surface area contributed by atoms with Crippen LogP contribution in [0.2, 0.25) is 0 Å². The minimum Gasteiger partial charge on any atom is -0.493 e. The number of benzene rings is 4. The molecule has 76 heavy (non-hydrogen) atoms. The Bertz CT molecular complexity index is 2270. The first-order chi connectivity index (χ1) is 36.8. The van der Waals surface area contributed by atoms with Crippen LogP contribution < -0.4 is 29.6 Å². The van der Waals surface area contributed by atoms with Gasteiger partial charge in [0.15, 0.2) is 0 Å². The summed E-state index contributed by atoms with van der Waals surface area (Å²) in [7, 11) is -7.44. The molecule has 0 unspecified atom stereocenters. The van der Waals surface area contributed by atoms with Crippen LogP contribution in [-0.2, 0) is 62.5 Å². The van der Waals surface area contributed by atoms with E-state index in [0.717, 1.165) is 145 Å².